The molecule has 1 N–H and O–H groups in total. The summed E-state index contributed by atoms with van der Waals surface area (Å²) in [6, 6.07) is 5.44. The molecule has 0 radical (unpaired) electrons. The van der Waals surface area contributed by atoms with Crippen LogP contribution in [-0.4, -0.2) is 26.2 Å². The maximum atomic E-state index is 14.2. The highest BCUT2D eigenvalue weighted by Crippen LogP contribution is 2.32. The number of nitrogens with one attached hydrogen (secondary N) is 1. The molecule has 3 aromatic rings. The third kappa shape index (κ3) is 2.82. The lowest BCUT2D eigenvalue weighted by Crippen LogP contribution is -2.41. The summed E-state index contributed by atoms with van der Waals surface area (Å²) in [7, 11) is 0. The van der Waals surface area contributed by atoms with Gasteiger partial charge in [0.1, 0.15) is 22.8 Å². The summed E-state index contributed by atoms with van der Waals surface area (Å²) in [5, 5.41) is 2.96. The van der Waals surface area contributed by atoms with Crippen LogP contribution in [0.15, 0.2) is 42.7 Å². The molecule has 6 nitrogen and oxygen atoms in total. The number of hydrogen-bond acceptors (Lipinski definition) is 3. The summed E-state index contributed by atoms with van der Waals surface area (Å²) >= 11 is 5.93. The number of pyridine rings is 1. The van der Waals surface area contributed by atoms with E-state index in [1.165, 1.54) is 6.92 Å². The molecule has 3 amide bonds. The highest BCUT2D eigenvalue weighted by molar-refractivity contribution is 6.30. The first-order valence-electron chi connectivity index (χ1n) is 8.01. The van der Waals surface area contributed by atoms with Crippen LogP contribution in [0.2, 0.25) is 5.02 Å². The van der Waals surface area contributed by atoms with Crippen LogP contribution in [0.3, 0.4) is 0 Å². The zero-order valence-corrected chi connectivity index (χ0v) is 14.8. The molecule has 1 aliphatic heterocycles. The second-order valence-corrected chi connectivity index (χ2v) is 6.85. The molecular weight excluding hydrogens is 378 g/mol. The fourth-order valence-corrected chi connectivity index (χ4v) is 3.33. The van der Waals surface area contributed by atoms with Gasteiger partial charge in [0, 0.05) is 18.0 Å². The number of carbonyl (C=O) groups excluding carboxylic acids is 2. The predicted octanol–water partition coefficient (Wildman–Crippen LogP) is 3.23. The number of benzene rings is 1. The van der Waals surface area contributed by atoms with Crippen molar-refractivity contribution in [3.8, 4) is 0 Å². The van der Waals surface area contributed by atoms with Crippen molar-refractivity contribution < 1.29 is 18.4 Å². The molecule has 27 heavy (non-hydrogen) atoms. The summed E-state index contributed by atoms with van der Waals surface area (Å²) < 4.78 is 29.4. The van der Waals surface area contributed by atoms with E-state index in [1.807, 2.05) is 0 Å². The van der Waals surface area contributed by atoms with Crippen molar-refractivity contribution in [2.75, 3.05) is 0 Å². The maximum Gasteiger partial charge on any atom is 0.325 e. The molecule has 0 saturated carbocycles. The van der Waals surface area contributed by atoms with E-state index in [1.54, 1.807) is 28.9 Å². The zero-order chi connectivity index (χ0) is 19.3. The lowest BCUT2D eigenvalue weighted by Gasteiger charge is -2.22. The number of imide groups is 1. The molecular formula is C18H13ClF2N4O2. The van der Waals surface area contributed by atoms with Gasteiger partial charge in [0.05, 0.1) is 17.3 Å². The molecule has 1 unspecified atom stereocenters. The number of halogens is 3. The van der Waals surface area contributed by atoms with Crippen LogP contribution in [0.4, 0.5) is 13.6 Å². The van der Waals surface area contributed by atoms with Crippen molar-refractivity contribution in [1.82, 2.24) is 19.6 Å². The number of aromatic nitrogens is 2. The first-order valence-corrected chi connectivity index (χ1v) is 8.38. The van der Waals surface area contributed by atoms with Crippen molar-refractivity contribution in [1.29, 1.82) is 0 Å². The molecule has 1 aromatic carbocycles. The van der Waals surface area contributed by atoms with Crippen LogP contribution < -0.4 is 5.32 Å². The average Bonchev–Trinajstić information content (AvgIpc) is 3.11. The normalized spacial score (nSPS) is 19.8. The number of rotatable bonds is 3. The minimum Gasteiger partial charge on any atom is -0.319 e. The van der Waals surface area contributed by atoms with Crippen molar-refractivity contribution in [2.45, 2.75) is 19.0 Å². The number of carbonyl (C=O) groups is 2. The second kappa shape index (κ2) is 6.02. The number of urea groups is 1. The van der Waals surface area contributed by atoms with Crippen molar-refractivity contribution >= 4 is 29.2 Å². The minimum atomic E-state index is -1.70. The Morgan fingerprint density at radius 3 is 2.74 bits per heavy atom. The monoisotopic (exact) mass is 390 g/mol. The largest absolute Gasteiger partial charge is 0.325 e. The van der Waals surface area contributed by atoms with Gasteiger partial charge in [-0.2, -0.15) is 0 Å². The number of amides is 3. The lowest BCUT2D eigenvalue weighted by atomic mass is 9.91. The van der Waals surface area contributed by atoms with Gasteiger partial charge in [-0.25, -0.2) is 18.6 Å². The van der Waals surface area contributed by atoms with Crippen molar-refractivity contribution in [2.24, 2.45) is 0 Å². The fraction of sp³-hybridized carbons (Fsp3) is 0.167. The predicted molar refractivity (Wildman–Crippen MR) is 93.0 cm³/mol. The Morgan fingerprint density at radius 2 is 1.96 bits per heavy atom. The molecule has 2 aromatic heterocycles. The van der Waals surface area contributed by atoms with Gasteiger partial charge in [0.25, 0.3) is 5.91 Å². The Kier molecular flexibility index (Phi) is 3.88. The van der Waals surface area contributed by atoms with Crippen LogP contribution in [0, 0.1) is 11.6 Å². The van der Waals surface area contributed by atoms with Gasteiger partial charge in [0.15, 0.2) is 0 Å². The zero-order valence-electron chi connectivity index (χ0n) is 14.0. The molecule has 1 saturated heterocycles. The minimum absolute atomic E-state index is 0.115. The summed E-state index contributed by atoms with van der Waals surface area (Å²) in [6.45, 7) is 1.23. The number of hydrogen-bond donors (Lipinski definition) is 1. The van der Waals surface area contributed by atoms with E-state index >= 15 is 0 Å². The lowest BCUT2D eigenvalue weighted by molar-refractivity contribution is -0.131. The SMILES string of the molecule is CC1(c2cc(F)ccc2F)NC(=O)N(Cc2cn3cc(Cl)ccc3n2)C1=O. The Bertz CT molecular complexity index is 1100. The van der Waals surface area contributed by atoms with E-state index in [2.05, 4.69) is 10.3 Å². The number of imidazole rings is 1. The maximum absolute atomic E-state index is 14.2. The molecule has 1 fully saturated rings. The summed E-state index contributed by atoms with van der Waals surface area (Å²) in [5.74, 6) is -2.17. The standard InChI is InChI=1S/C18H13ClF2N4O2/c1-18(13-6-11(20)3-4-14(13)21)16(26)25(17(27)23-18)9-12-8-24-7-10(19)2-5-15(24)22-12/h2-8H,9H2,1H3,(H,23,27). The van der Waals surface area contributed by atoms with Crippen molar-refractivity contribution in [3.05, 3.63) is 70.6 Å². The first kappa shape index (κ1) is 17.4. The molecule has 3 heterocycles. The molecule has 1 aliphatic rings. The van der Waals surface area contributed by atoms with Gasteiger partial charge < -0.3 is 9.72 Å². The van der Waals surface area contributed by atoms with Crippen LogP contribution >= 0.6 is 11.6 Å². The second-order valence-electron chi connectivity index (χ2n) is 6.42. The number of fused-ring (bicyclic) bond motifs is 1. The van der Waals surface area contributed by atoms with Crippen molar-refractivity contribution in [3.63, 3.8) is 0 Å². The highest BCUT2D eigenvalue weighted by atomic mass is 35.5. The molecule has 1 atom stereocenters. The quantitative estimate of drug-likeness (QED) is 0.698. The molecule has 0 bridgehead atoms. The molecule has 0 spiro atoms. The molecule has 4 rings (SSSR count). The molecule has 138 valence electrons. The third-order valence-corrected chi connectivity index (χ3v) is 4.75. The fourth-order valence-electron chi connectivity index (χ4n) is 3.16. The third-order valence-electron chi connectivity index (χ3n) is 4.53. The van der Waals surface area contributed by atoms with E-state index in [-0.39, 0.29) is 12.1 Å². The molecule has 0 aliphatic carbocycles. The summed E-state index contributed by atoms with van der Waals surface area (Å²) in [5.41, 5.74) is -0.888. The van der Waals surface area contributed by atoms with Crippen LogP contribution in [0.25, 0.3) is 5.65 Å². The van der Waals surface area contributed by atoms with Gasteiger partial charge in [-0.3, -0.25) is 9.69 Å². The van der Waals surface area contributed by atoms with Gasteiger partial charge in [-0.05, 0) is 37.3 Å². The van der Waals surface area contributed by atoms with E-state index in [0.29, 0.717) is 16.4 Å². The van der Waals surface area contributed by atoms with E-state index in [4.69, 9.17) is 11.6 Å². The molecule has 9 heteroatoms. The van der Waals surface area contributed by atoms with E-state index in [0.717, 1.165) is 23.1 Å². The Morgan fingerprint density at radius 1 is 1.19 bits per heavy atom. The van der Waals surface area contributed by atoms with Gasteiger partial charge in [-0.15, -0.1) is 0 Å². The Hall–Kier alpha value is -3.00. The van der Waals surface area contributed by atoms with Gasteiger partial charge in [0.2, 0.25) is 0 Å². The average molecular weight is 391 g/mol. The smallest absolute Gasteiger partial charge is 0.319 e. The van der Waals surface area contributed by atoms with Gasteiger partial charge in [-0.1, -0.05) is 11.6 Å². The Balaban J connectivity index is 1.67. The number of nitrogens with zero attached hydrogens (tertiary/aromatic N) is 3. The summed E-state index contributed by atoms with van der Waals surface area (Å²) in [4.78, 5) is 30.5. The topological polar surface area (TPSA) is 66.7 Å². The van der Waals surface area contributed by atoms with E-state index in [9.17, 15) is 18.4 Å². The van der Waals surface area contributed by atoms with Crippen LogP contribution in [-0.2, 0) is 16.9 Å². The van der Waals surface area contributed by atoms with Crippen LogP contribution in [0.1, 0.15) is 18.2 Å². The van der Waals surface area contributed by atoms with Crippen LogP contribution in [0.5, 0.6) is 0 Å². The van der Waals surface area contributed by atoms with E-state index < -0.39 is 29.1 Å². The summed E-state index contributed by atoms with van der Waals surface area (Å²) in [6.07, 6.45) is 3.28. The first-order chi connectivity index (χ1) is 12.8. The van der Waals surface area contributed by atoms with Gasteiger partial charge >= 0.3 is 6.03 Å². The Labute approximate surface area is 157 Å². The highest BCUT2D eigenvalue weighted by Gasteiger charge is 2.50.